The van der Waals surface area contributed by atoms with Crippen molar-refractivity contribution >= 4 is 23.6 Å². The van der Waals surface area contributed by atoms with Crippen LogP contribution in [0.2, 0.25) is 5.02 Å². The van der Waals surface area contributed by atoms with Gasteiger partial charge in [-0.05, 0) is 62.8 Å². The molecule has 0 spiro atoms. The fourth-order valence-corrected chi connectivity index (χ4v) is 3.27. The maximum Gasteiger partial charge on any atom is 0.315 e. The van der Waals surface area contributed by atoms with Crippen LogP contribution in [0.1, 0.15) is 38.2 Å². The van der Waals surface area contributed by atoms with E-state index in [1.54, 1.807) is 6.07 Å². The number of hydrogen-bond acceptors (Lipinski definition) is 3. The first-order valence-corrected chi connectivity index (χ1v) is 9.05. The predicted octanol–water partition coefficient (Wildman–Crippen LogP) is 3.22. The average molecular weight is 369 g/mol. The highest BCUT2D eigenvalue weighted by Gasteiger charge is 2.26. The van der Waals surface area contributed by atoms with E-state index in [0.717, 1.165) is 11.3 Å². The number of carbonyl (C=O) groups excluding carboxylic acids is 1. The van der Waals surface area contributed by atoms with E-state index >= 15 is 0 Å². The number of urea groups is 1. The minimum Gasteiger partial charge on any atom is -0.494 e. The molecule has 1 aromatic carbocycles. The zero-order valence-corrected chi connectivity index (χ0v) is 15.1. The third kappa shape index (κ3) is 6.12. The van der Waals surface area contributed by atoms with Gasteiger partial charge in [0.25, 0.3) is 0 Å². The van der Waals surface area contributed by atoms with Gasteiger partial charge in [0.2, 0.25) is 0 Å². The summed E-state index contributed by atoms with van der Waals surface area (Å²) < 4.78 is 5.57. The van der Waals surface area contributed by atoms with Crippen LogP contribution in [0.25, 0.3) is 0 Å². The molecule has 0 heterocycles. The Hall–Kier alpha value is -1.95. The lowest BCUT2D eigenvalue weighted by Crippen LogP contribution is -2.44. The lowest BCUT2D eigenvalue weighted by molar-refractivity contribution is -0.142. The summed E-state index contributed by atoms with van der Waals surface area (Å²) in [5.74, 6) is -0.239. The van der Waals surface area contributed by atoms with Crippen LogP contribution < -0.4 is 15.4 Å². The van der Waals surface area contributed by atoms with E-state index in [2.05, 4.69) is 10.6 Å². The Kier molecular flexibility index (Phi) is 7.37. The van der Waals surface area contributed by atoms with E-state index < -0.39 is 5.97 Å². The molecule has 7 heteroatoms. The molecule has 0 aliphatic heterocycles. The summed E-state index contributed by atoms with van der Waals surface area (Å²) >= 11 is 6.02. The quantitative estimate of drug-likeness (QED) is 0.689. The van der Waals surface area contributed by atoms with E-state index in [0.29, 0.717) is 50.3 Å². The van der Waals surface area contributed by atoms with Gasteiger partial charge in [0.05, 0.1) is 12.5 Å². The topological polar surface area (TPSA) is 87.7 Å². The van der Waals surface area contributed by atoms with Gasteiger partial charge in [0.15, 0.2) is 0 Å². The molecule has 25 heavy (non-hydrogen) atoms. The number of carboxylic acid groups (broad SMARTS) is 1. The van der Waals surface area contributed by atoms with Crippen LogP contribution in [0.15, 0.2) is 18.2 Å². The second-order valence-electron chi connectivity index (χ2n) is 6.22. The molecule has 0 saturated heterocycles. The summed E-state index contributed by atoms with van der Waals surface area (Å²) in [6, 6.07) is 5.28. The first kappa shape index (κ1) is 19.4. The van der Waals surface area contributed by atoms with Crippen molar-refractivity contribution < 1.29 is 19.4 Å². The number of ether oxygens (including phenoxy) is 1. The number of carboxylic acids is 1. The molecule has 0 aromatic heterocycles. The molecular formula is C18H25ClN2O4. The number of benzene rings is 1. The third-order valence-corrected chi connectivity index (χ3v) is 4.65. The zero-order valence-electron chi connectivity index (χ0n) is 14.4. The maximum atomic E-state index is 12.0. The minimum absolute atomic E-state index is 0.0424. The van der Waals surface area contributed by atoms with Gasteiger partial charge < -0.3 is 20.5 Å². The Morgan fingerprint density at radius 1 is 1.28 bits per heavy atom. The Labute approximate surface area is 152 Å². The van der Waals surface area contributed by atoms with Crippen LogP contribution in [0.3, 0.4) is 0 Å². The van der Waals surface area contributed by atoms with Crippen LogP contribution in [0.5, 0.6) is 5.75 Å². The molecule has 1 aliphatic carbocycles. The predicted molar refractivity (Wildman–Crippen MR) is 96.2 cm³/mol. The monoisotopic (exact) mass is 368 g/mol. The number of rotatable bonds is 7. The van der Waals surface area contributed by atoms with Crippen LogP contribution in [0.4, 0.5) is 4.79 Å². The largest absolute Gasteiger partial charge is 0.494 e. The second-order valence-corrected chi connectivity index (χ2v) is 6.66. The molecule has 0 atom stereocenters. The van der Waals surface area contributed by atoms with Gasteiger partial charge in [-0.15, -0.1) is 0 Å². The van der Waals surface area contributed by atoms with Gasteiger partial charge in [-0.3, -0.25) is 4.79 Å². The van der Waals surface area contributed by atoms with Crippen molar-refractivity contribution in [3.05, 3.63) is 28.8 Å². The van der Waals surface area contributed by atoms with Crippen molar-refractivity contribution in [2.45, 2.75) is 45.1 Å². The molecular weight excluding hydrogens is 344 g/mol. The van der Waals surface area contributed by atoms with Gasteiger partial charge in [0, 0.05) is 17.6 Å². The fraction of sp³-hybridized carbons (Fsp3) is 0.556. The second kappa shape index (κ2) is 9.51. The average Bonchev–Trinajstić information content (AvgIpc) is 2.58. The Bertz CT molecular complexity index is 601. The molecule has 1 aliphatic rings. The highest BCUT2D eigenvalue weighted by molar-refractivity contribution is 6.30. The molecule has 1 fully saturated rings. The number of nitrogens with one attached hydrogen (secondary N) is 2. The molecule has 138 valence electrons. The van der Waals surface area contributed by atoms with Crippen molar-refractivity contribution in [2.24, 2.45) is 5.92 Å². The van der Waals surface area contributed by atoms with Gasteiger partial charge in [-0.2, -0.15) is 0 Å². The van der Waals surface area contributed by atoms with Crippen LogP contribution in [0, 0.1) is 5.92 Å². The molecule has 6 nitrogen and oxygen atoms in total. The molecule has 3 N–H and O–H groups in total. The maximum absolute atomic E-state index is 12.0. The van der Waals surface area contributed by atoms with Gasteiger partial charge in [-0.1, -0.05) is 11.6 Å². The zero-order chi connectivity index (χ0) is 18.2. The SMILES string of the molecule is CCOc1ccc(Cl)cc1CCNC(=O)NC1CCC(C(=O)O)CC1. The number of carbonyl (C=O) groups is 2. The molecule has 1 saturated carbocycles. The standard InChI is InChI=1S/C18H25ClN2O4/c1-2-25-16-8-5-14(19)11-13(16)9-10-20-18(24)21-15-6-3-12(4-7-15)17(22)23/h5,8,11-12,15H,2-4,6-7,9-10H2,1H3,(H,22,23)(H2,20,21,24). The number of aliphatic carboxylic acids is 1. The highest BCUT2D eigenvalue weighted by atomic mass is 35.5. The molecule has 2 rings (SSSR count). The summed E-state index contributed by atoms with van der Waals surface area (Å²) in [6.45, 7) is 2.96. The lowest BCUT2D eigenvalue weighted by atomic mass is 9.86. The van der Waals surface area contributed by atoms with E-state index in [-0.39, 0.29) is 18.0 Å². The van der Waals surface area contributed by atoms with E-state index in [1.807, 2.05) is 19.1 Å². The Morgan fingerprint density at radius 3 is 2.64 bits per heavy atom. The summed E-state index contributed by atoms with van der Waals surface area (Å²) in [5.41, 5.74) is 0.955. The molecule has 1 aromatic rings. The summed E-state index contributed by atoms with van der Waals surface area (Å²) in [5, 5.41) is 15.4. The van der Waals surface area contributed by atoms with Crippen molar-refractivity contribution in [3.63, 3.8) is 0 Å². The van der Waals surface area contributed by atoms with Crippen molar-refractivity contribution in [1.29, 1.82) is 0 Å². The first-order chi connectivity index (χ1) is 12.0. The number of halogens is 1. The van der Waals surface area contributed by atoms with Crippen LogP contribution in [-0.4, -0.2) is 36.3 Å². The molecule has 0 radical (unpaired) electrons. The van der Waals surface area contributed by atoms with E-state index in [4.69, 9.17) is 21.4 Å². The highest BCUT2D eigenvalue weighted by Crippen LogP contribution is 2.25. The van der Waals surface area contributed by atoms with Crippen molar-refractivity contribution in [1.82, 2.24) is 10.6 Å². The Morgan fingerprint density at radius 2 is 2.00 bits per heavy atom. The van der Waals surface area contributed by atoms with Gasteiger partial charge >= 0.3 is 12.0 Å². The fourth-order valence-electron chi connectivity index (χ4n) is 3.07. The smallest absolute Gasteiger partial charge is 0.315 e. The van der Waals surface area contributed by atoms with Crippen molar-refractivity contribution in [3.8, 4) is 5.75 Å². The van der Waals surface area contributed by atoms with Crippen LogP contribution >= 0.6 is 11.6 Å². The normalized spacial score (nSPS) is 19.9. The van der Waals surface area contributed by atoms with Crippen molar-refractivity contribution in [2.75, 3.05) is 13.2 Å². The first-order valence-electron chi connectivity index (χ1n) is 8.68. The lowest BCUT2D eigenvalue weighted by Gasteiger charge is -2.26. The summed E-state index contributed by atoms with van der Waals surface area (Å²) in [7, 11) is 0. The van der Waals surface area contributed by atoms with E-state index in [9.17, 15) is 9.59 Å². The number of hydrogen-bond donors (Lipinski definition) is 3. The molecule has 0 unspecified atom stereocenters. The van der Waals surface area contributed by atoms with Crippen LogP contribution in [-0.2, 0) is 11.2 Å². The minimum atomic E-state index is -0.741. The summed E-state index contributed by atoms with van der Waals surface area (Å²) in [4.78, 5) is 22.9. The summed E-state index contributed by atoms with van der Waals surface area (Å²) in [6.07, 6.45) is 3.25. The molecule has 0 bridgehead atoms. The Balaban J connectivity index is 1.74. The molecule has 2 amide bonds. The number of amides is 2. The van der Waals surface area contributed by atoms with Gasteiger partial charge in [-0.25, -0.2) is 4.79 Å². The van der Waals surface area contributed by atoms with Gasteiger partial charge in [0.1, 0.15) is 5.75 Å². The third-order valence-electron chi connectivity index (χ3n) is 4.41. The van der Waals surface area contributed by atoms with E-state index in [1.165, 1.54) is 0 Å².